The van der Waals surface area contributed by atoms with Crippen molar-refractivity contribution < 1.29 is 4.39 Å². The maximum atomic E-state index is 13.7. The number of nitrogens with zero attached hydrogens (tertiary/aromatic N) is 2. The Kier molecular flexibility index (Phi) is 3.25. The van der Waals surface area contributed by atoms with Crippen molar-refractivity contribution in [1.82, 2.24) is 9.55 Å². The largest absolute Gasteiger partial charge is 0.328 e. The standard InChI is InChI=1S/C14H16ClFN2/c15-8-7-13-17-14-11(16)5-2-6-12(14)18(13)9-10-3-1-4-10/h2,5-6,10H,1,3-4,7-9H2. The molecule has 1 aliphatic carbocycles. The highest BCUT2D eigenvalue weighted by Gasteiger charge is 2.21. The number of rotatable bonds is 4. The van der Waals surface area contributed by atoms with Crippen LogP contribution < -0.4 is 0 Å². The lowest BCUT2D eigenvalue weighted by molar-refractivity contribution is 0.277. The molecule has 0 radical (unpaired) electrons. The molecule has 1 saturated carbocycles. The number of halogens is 2. The van der Waals surface area contributed by atoms with E-state index in [0.717, 1.165) is 23.8 Å². The van der Waals surface area contributed by atoms with E-state index in [1.165, 1.54) is 25.3 Å². The third-order valence-electron chi connectivity index (χ3n) is 3.79. The molecule has 0 amide bonds. The monoisotopic (exact) mass is 266 g/mol. The summed E-state index contributed by atoms with van der Waals surface area (Å²) < 4.78 is 15.9. The summed E-state index contributed by atoms with van der Waals surface area (Å²) in [6.07, 6.45) is 4.56. The Balaban J connectivity index is 2.05. The topological polar surface area (TPSA) is 17.8 Å². The number of hydrogen-bond acceptors (Lipinski definition) is 1. The number of aromatic nitrogens is 2. The number of para-hydroxylation sites is 1. The van der Waals surface area contributed by atoms with Crippen molar-refractivity contribution in [3.63, 3.8) is 0 Å². The van der Waals surface area contributed by atoms with Gasteiger partial charge in [0.25, 0.3) is 0 Å². The maximum Gasteiger partial charge on any atom is 0.151 e. The van der Waals surface area contributed by atoms with Crippen LogP contribution in [0.5, 0.6) is 0 Å². The van der Waals surface area contributed by atoms with E-state index in [2.05, 4.69) is 9.55 Å². The Morgan fingerprint density at radius 2 is 2.22 bits per heavy atom. The molecule has 1 aromatic heterocycles. The molecule has 3 rings (SSSR count). The van der Waals surface area contributed by atoms with Crippen LogP contribution in [0.2, 0.25) is 0 Å². The SMILES string of the molecule is Fc1cccc2c1nc(CCCl)n2CC1CCC1. The normalized spacial score (nSPS) is 16.1. The molecule has 0 bridgehead atoms. The van der Waals surface area contributed by atoms with Gasteiger partial charge in [-0.2, -0.15) is 0 Å². The summed E-state index contributed by atoms with van der Waals surface area (Å²) in [5, 5.41) is 0. The van der Waals surface area contributed by atoms with E-state index in [1.807, 2.05) is 6.07 Å². The molecule has 4 heteroatoms. The van der Waals surface area contributed by atoms with Crippen molar-refractivity contribution in [3.05, 3.63) is 29.8 Å². The van der Waals surface area contributed by atoms with Crippen LogP contribution in [0.4, 0.5) is 4.39 Å². The third kappa shape index (κ3) is 2.01. The van der Waals surface area contributed by atoms with Crippen LogP contribution in [0.25, 0.3) is 11.0 Å². The molecule has 2 nitrogen and oxygen atoms in total. The molecule has 1 fully saturated rings. The molecule has 0 unspecified atom stereocenters. The van der Waals surface area contributed by atoms with Crippen LogP contribution in [-0.2, 0) is 13.0 Å². The first kappa shape index (κ1) is 12.0. The molecule has 1 heterocycles. The molecule has 96 valence electrons. The lowest BCUT2D eigenvalue weighted by atomic mass is 9.85. The van der Waals surface area contributed by atoms with Crippen molar-refractivity contribution in [3.8, 4) is 0 Å². The van der Waals surface area contributed by atoms with Gasteiger partial charge in [0.1, 0.15) is 11.3 Å². The van der Waals surface area contributed by atoms with Gasteiger partial charge in [-0.05, 0) is 30.9 Å². The number of aryl methyl sites for hydroxylation is 1. The van der Waals surface area contributed by atoms with Crippen molar-refractivity contribution in [1.29, 1.82) is 0 Å². The fourth-order valence-electron chi connectivity index (χ4n) is 2.57. The van der Waals surface area contributed by atoms with Crippen LogP contribution >= 0.6 is 11.6 Å². The Morgan fingerprint density at radius 1 is 1.39 bits per heavy atom. The van der Waals surface area contributed by atoms with Crippen LogP contribution in [-0.4, -0.2) is 15.4 Å². The molecule has 0 spiro atoms. The smallest absolute Gasteiger partial charge is 0.151 e. The zero-order valence-corrected chi connectivity index (χ0v) is 11.0. The summed E-state index contributed by atoms with van der Waals surface area (Å²) in [4.78, 5) is 4.42. The van der Waals surface area contributed by atoms with Gasteiger partial charge in [-0.1, -0.05) is 12.5 Å². The predicted octanol–water partition coefficient (Wildman–Crippen LogP) is 3.76. The van der Waals surface area contributed by atoms with Gasteiger partial charge in [0.05, 0.1) is 5.52 Å². The van der Waals surface area contributed by atoms with Gasteiger partial charge < -0.3 is 4.57 Å². The van der Waals surface area contributed by atoms with Gasteiger partial charge in [-0.25, -0.2) is 9.37 Å². The summed E-state index contributed by atoms with van der Waals surface area (Å²) in [6, 6.07) is 5.16. The summed E-state index contributed by atoms with van der Waals surface area (Å²) >= 11 is 5.81. The zero-order valence-electron chi connectivity index (χ0n) is 10.2. The maximum absolute atomic E-state index is 13.7. The molecular weight excluding hydrogens is 251 g/mol. The quantitative estimate of drug-likeness (QED) is 0.771. The van der Waals surface area contributed by atoms with E-state index < -0.39 is 0 Å². The number of alkyl halides is 1. The lowest BCUT2D eigenvalue weighted by Gasteiger charge is -2.26. The fraction of sp³-hybridized carbons (Fsp3) is 0.500. The average molecular weight is 267 g/mol. The second kappa shape index (κ2) is 4.88. The summed E-state index contributed by atoms with van der Waals surface area (Å²) in [6.45, 7) is 0.951. The van der Waals surface area contributed by atoms with Crippen molar-refractivity contribution >= 4 is 22.6 Å². The molecule has 18 heavy (non-hydrogen) atoms. The van der Waals surface area contributed by atoms with Crippen molar-refractivity contribution in [2.75, 3.05) is 5.88 Å². The molecule has 0 atom stereocenters. The Labute approximate surface area is 111 Å². The number of imidazole rings is 1. The highest BCUT2D eigenvalue weighted by atomic mass is 35.5. The highest BCUT2D eigenvalue weighted by molar-refractivity contribution is 6.17. The Bertz CT molecular complexity index is 560. The number of hydrogen-bond donors (Lipinski definition) is 0. The molecular formula is C14H16ClFN2. The first-order valence-electron chi connectivity index (χ1n) is 6.49. The van der Waals surface area contributed by atoms with Gasteiger partial charge in [-0.15, -0.1) is 11.6 Å². The van der Waals surface area contributed by atoms with Gasteiger partial charge >= 0.3 is 0 Å². The van der Waals surface area contributed by atoms with Crippen LogP contribution in [0.1, 0.15) is 25.1 Å². The molecule has 0 N–H and O–H groups in total. The van der Waals surface area contributed by atoms with Crippen molar-refractivity contribution in [2.45, 2.75) is 32.2 Å². The summed E-state index contributed by atoms with van der Waals surface area (Å²) in [7, 11) is 0. The molecule has 1 aliphatic rings. The minimum absolute atomic E-state index is 0.240. The number of benzene rings is 1. The van der Waals surface area contributed by atoms with Crippen LogP contribution in [0.3, 0.4) is 0 Å². The average Bonchev–Trinajstić information content (AvgIpc) is 2.64. The molecule has 0 aliphatic heterocycles. The van der Waals surface area contributed by atoms with Crippen molar-refractivity contribution in [2.24, 2.45) is 5.92 Å². The Morgan fingerprint density at radius 3 is 2.89 bits per heavy atom. The van der Waals surface area contributed by atoms with Crippen LogP contribution in [0, 0.1) is 11.7 Å². The van der Waals surface area contributed by atoms with Gasteiger partial charge in [0, 0.05) is 18.8 Å². The minimum atomic E-state index is -0.240. The first-order chi connectivity index (χ1) is 8.79. The third-order valence-corrected chi connectivity index (χ3v) is 3.98. The summed E-state index contributed by atoms with van der Waals surface area (Å²) in [5.41, 5.74) is 1.39. The molecule has 2 aromatic rings. The highest BCUT2D eigenvalue weighted by Crippen LogP contribution is 2.30. The fourth-order valence-corrected chi connectivity index (χ4v) is 2.74. The second-order valence-electron chi connectivity index (χ2n) is 4.98. The van der Waals surface area contributed by atoms with E-state index >= 15 is 0 Å². The van der Waals surface area contributed by atoms with Crippen LogP contribution in [0.15, 0.2) is 18.2 Å². The minimum Gasteiger partial charge on any atom is -0.328 e. The second-order valence-corrected chi connectivity index (χ2v) is 5.36. The van der Waals surface area contributed by atoms with Gasteiger partial charge in [-0.3, -0.25) is 0 Å². The first-order valence-corrected chi connectivity index (χ1v) is 7.02. The zero-order chi connectivity index (χ0) is 12.5. The number of fused-ring (bicyclic) bond motifs is 1. The Hall–Kier alpha value is -1.09. The summed E-state index contributed by atoms with van der Waals surface area (Å²) in [5.74, 6) is 1.92. The lowest BCUT2D eigenvalue weighted by Crippen LogP contribution is -2.19. The predicted molar refractivity (Wildman–Crippen MR) is 71.5 cm³/mol. The van der Waals surface area contributed by atoms with Gasteiger partial charge in [0.2, 0.25) is 0 Å². The van der Waals surface area contributed by atoms with E-state index in [1.54, 1.807) is 6.07 Å². The molecule has 1 aromatic carbocycles. The van der Waals surface area contributed by atoms with E-state index in [0.29, 0.717) is 17.8 Å². The van der Waals surface area contributed by atoms with E-state index in [4.69, 9.17) is 11.6 Å². The van der Waals surface area contributed by atoms with Gasteiger partial charge in [0.15, 0.2) is 5.82 Å². The molecule has 0 saturated heterocycles. The van der Waals surface area contributed by atoms with E-state index in [9.17, 15) is 4.39 Å². The van der Waals surface area contributed by atoms with E-state index in [-0.39, 0.29) is 5.82 Å².